The maximum atomic E-state index is 14.2. The quantitative estimate of drug-likeness (QED) is 0.265. The van der Waals surface area contributed by atoms with Gasteiger partial charge in [-0.3, -0.25) is 0 Å². The zero-order chi connectivity index (χ0) is 22.0. The topological polar surface area (TPSA) is 127 Å². The third kappa shape index (κ3) is 4.08. The molecule has 0 spiro atoms. The Morgan fingerprint density at radius 3 is 3.16 bits per heavy atom. The molecule has 0 bridgehead atoms. The van der Waals surface area contributed by atoms with Crippen molar-refractivity contribution in [2.24, 2.45) is 5.11 Å². The Balaban J connectivity index is 1.60. The van der Waals surface area contributed by atoms with Gasteiger partial charge in [0.25, 0.3) is 0 Å². The van der Waals surface area contributed by atoms with Crippen LogP contribution in [-0.4, -0.2) is 39.8 Å². The molecule has 160 valence electrons. The minimum Gasteiger partial charge on any atom is -0.489 e. The zero-order valence-electron chi connectivity index (χ0n) is 16.9. The number of benzene rings is 1. The number of hydrogen-bond acceptors (Lipinski definition) is 7. The molecule has 1 aromatic carbocycles. The summed E-state index contributed by atoms with van der Waals surface area (Å²) >= 11 is 0. The fourth-order valence-corrected chi connectivity index (χ4v) is 3.57. The molecule has 0 aliphatic carbocycles. The van der Waals surface area contributed by atoms with Gasteiger partial charge in [-0.2, -0.15) is 5.10 Å². The van der Waals surface area contributed by atoms with Crippen molar-refractivity contribution in [2.75, 3.05) is 18.5 Å². The first kappa shape index (κ1) is 20.4. The molecule has 2 unspecified atom stereocenters. The average molecular weight is 425 g/mol. The van der Waals surface area contributed by atoms with E-state index in [9.17, 15) is 9.18 Å². The highest BCUT2D eigenvalue weighted by Gasteiger charge is 2.28. The molecule has 3 aromatic rings. The van der Waals surface area contributed by atoms with Crippen molar-refractivity contribution in [3.8, 4) is 5.75 Å². The van der Waals surface area contributed by atoms with Gasteiger partial charge in [0.2, 0.25) is 0 Å². The highest BCUT2D eigenvalue weighted by molar-refractivity contribution is 5.95. The van der Waals surface area contributed by atoms with Gasteiger partial charge in [-0.25, -0.2) is 18.7 Å². The number of carbonyl (C=O) groups excluding carboxylic acids is 1. The monoisotopic (exact) mass is 425 g/mol. The van der Waals surface area contributed by atoms with E-state index in [2.05, 4.69) is 25.4 Å². The number of aromatic nitrogens is 3. The number of fused-ring (bicyclic) bond motifs is 2. The SMILES string of the molecule is CCOC(=O)c1cnn2ccc(NC(C)c3cc(F)cc4c3OC(CN=[N+]=[N-])C4)nc12. The molecule has 2 aromatic heterocycles. The van der Waals surface area contributed by atoms with Crippen molar-refractivity contribution in [3.05, 3.63) is 63.5 Å². The van der Waals surface area contributed by atoms with E-state index in [1.807, 2.05) is 6.92 Å². The standard InChI is InChI=1S/C20H20FN7O3/c1-3-30-20(29)16-10-24-28-5-4-17(26-19(16)28)25-11(2)15-8-13(21)6-12-7-14(9-23-27-22)31-18(12)15/h4-6,8,10-11,14H,3,7,9H2,1-2H3,(H,25,26). The van der Waals surface area contributed by atoms with E-state index < -0.39 is 5.97 Å². The van der Waals surface area contributed by atoms with E-state index in [1.165, 1.54) is 22.8 Å². The first-order valence-corrected chi connectivity index (χ1v) is 9.78. The largest absolute Gasteiger partial charge is 0.489 e. The molecule has 2 atom stereocenters. The Hall–Kier alpha value is -3.85. The number of esters is 1. The van der Waals surface area contributed by atoms with E-state index in [-0.39, 0.29) is 36.7 Å². The summed E-state index contributed by atoms with van der Waals surface area (Å²) in [5.74, 6) is 0.182. The van der Waals surface area contributed by atoms with Crippen LogP contribution in [0.4, 0.5) is 10.2 Å². The smallest absolute Gasteiger partial charge is 0.343 e. The van der Waals surface area contributed by atoms with Crippen molar-refractivity contribution in [3.63, 3.8) is 0 Å². The fraction of sp³-hybridized carbons (Fsp3) is 0.350. The van der Waals surface area contributed by atoms with E-state index in [4.69, 9.17) is 15.0 Å². The normalized spacial score (nSPS) is 15.6. The number of carbonyl (C=O) groups is 1. The second-order valence-electron chi connectivity index (χ2n) is 7.07. The summed E-state index contributed by atoms with van der Waals surface area (Å²) in [5.41, 5.74) is 10.5. The predicted molar refractivity (Wildman–Crippen MR) is 110 cm³/mol. The Labute approximate surface area is 176 Å². The van der Waals surface area contributed by atoms with Crippen LogP contribution in [-0.2, 0) is 11.2 Å². The average Bonchev–Trinajstić information content (AvgIpc) is 3.35. The lowest BCUT2D eigenvalue weighted by molar-refractivity contribution is 0.0528. The zero-order valence-corrected chi connectivity index (χ0v) is 16.9. The summed E-state index contributed by atoms with van der Waals surface area (Å²) < 4.78 is 26.7. The van der Waals surface area contributed by atoms with Crippen molar-refractivity contribution < 1.29 is 18.7 Å². The van der Waals surface area contributed by atoms with Crippen molar-refractivity contribution in [2.45, 2.75) is 32.4 Å². The molecule has 11 heteroatoms. The van der Waals surface area contributed by atoms with Gasteiger partial charge in [0.15, 0.2) is 5.65 Å². The molecule has 4 rings (SSSR count). The van der Waals surface area contributed by atoms with Crippen LogP contribution in [0.25, 0.3) is 16.1 Å². The second kappa shape index (κ2) is 8.49. The third-order valence-electron chi connectivity index (χ3n) is 4.94. The summed E-state index contributed by atoms with van der Waals surface area (Å²) in [6.07, 6.45) is 3.22. The number of rotatable bonds is 7. The first-order valence-electron chi connectivity index (χ1n) is 9.78. The lowest BCUT2D eigenvalue weighted by Gasteiger charge is -2.19. The number of halogens is 1. The van der Waals surface area contributed by atoms with Crippen molar-refractivity contribution in [1.29, 1.82) is 0 Å². The van der Waals surface area contributed by atoms with Crippen LogP contribution in [0.1, 0.15) is 41.4 Å². The lowest BCUT2D eigenvalue weighted by atomic mass is 10.0. The summed E-state index contributed by atoms with van der Waals surface area (Å²) in [5, 5.41) is 10.9. The van der Waals surface area contributed by atoms with Crippen LogP contribution >= 0.6 is 0 Å². The Bertz CT molecular complexity index is 1190. The third-order valence-corrected chi connectivity index (χ3v) is 4.94. The lowest BCUT2D eigenvalue weighted by Crippen LogP contribution is -2.17. The van der Waals surface area contributed by atoms with E-state index in [0.717, 1.165) is 5.56 Å². The Morgan fingerprint density at radius 2 is 2.39 bits per heavy atom. The molecule has 31 heavy (non-hydrogen) atoms. The Morgan fingerprint density at radius 1 is 1.55 bits per heavy atom. The van der Waals surface area contributed by atoms with Gasteiger partial charge in [0, 0.05) is 28.7 Å². The second-order valence-corrected chi connectivity index (χ2v) is 7.07. The summed E-state index contributed by atoms with van der Waals surface area (Å²) in [6.45, 7) is 4.00. The van der Waals surface area contributed by atoms with E-state index >= 15 is 0 Å². The number of hydrogen-bond donors (Lipinski definition) is 1. The highest BCUT2D eigenvalue weighted by Crippen LogP contribution is 2.38. The Kier molecular flexibility index (Phi) is 5.59. The molecule has 0 radical (unpaired) electrons. The van der Waals surface area contributed by atoms with Crippen LogP contribution in [0.3, 0.4) is 0 Å². The van der Waals surface area contributed by atoms with Crippen LogP contribution in [0.2, 0.25) is 0 Å². The van der Waals surface area contributed by atoms with Gasteiger partial charge < -0.3 is 14.8 Å². The molecule has 0 amide bonds. The van der Waals surface area contributed by atoms with Crippen LogP contribution in [0.5, 0.6) is 5.75 Å². The molecule has 0 saturated heterocycles. The van der Waals surface area contributed by atoms with Gasteiger partial charge in [0.05, 0.1) is 25.4 Å². The molecule has 10 nitrogen and oxygen atoms in total. The molecule has 0 fully saturated rings. The predicted octanol–water partition coefficient (Wildman–Crippen LogP) is 3.83. The van der Waals surface area contributed by atoms with E-state index in [1.54, 1.807) is 19.2 Å². The minimum atomic E-state index is -0.502. The van der Waals surface area contributed by atoms with Gasteiger partial charge in [-0.05, 0) is 37.6 Å². The summed E-state index contributed by atoms with van der Waals surface area (Å²) in [7, 11) is 0. The number of nitrogens with zero attached hydrogens (tertiary/aromatic N) is 6. The van der Waals surface area contributed by atoms with E-state index in [0.29, 0.717) is 29.2 Å². The molecular formula is C20H20FN7O3. The highest BCUT2D eigenvalue weighted by atomic mass is 19.1. The summed E-state index contributed by atoms with van der Waals surface area (Å²) in [6, 6.07) is 4.19. The van der Waals surface area contributed by atoms with Crippen LogP contribution < -0.4 is 10.1 Å². The van der Waals surface area contributed by atoms with Crippen molar-refractivity contribution in [1.82, 2.24) is 14.6 Å². The van der Waals surface area contributed by atoms with Gasteiger partial charge in [-0.1, -0.05) is 5.11 Å². The molecule has 3 heterocycles. The number of ether oxygens (including phenoxy) is 2. The number of azide groups is 1. The molecular weight excluding hydrogens is 405 g/mol. The van der Waals surface area contributed by atoms with Gasteiger partial charge in [-0.15, -0.1) is 0 Å². The van der Waals surface area contributed by atoms with Crippen LogP contribution in [0, 0.1) is 5.82 Å². The first-order chi connectivity index (χ1) is 15.0. The number of nitrogens with one attached hydrogen (secondary N) is 1. The van der Waals surface area contributed by atoms with Gasteiger partial charge >= 0.3 is 5.97 Å². The number of anilines is 1. The van der Waals surface area contributed by atoms with Gasteiger partial charge in [0.1, 0.15) is 29.1 Å². The minimum absolute atomic E-state index is 0.171. The van der Waals surface area contributed by atoms with Crippen molar-refractivity contribution >= 4 is 17.4 Å². The molecule has 0 saturated carbocycles. The maximum Gasteiger partial charge on any atom is 0.343 e. The molecule has 1 aliphatic heterocycles. The molecule has 1 N–H and O–H groups in total. The molecule has 1 aliphatic rings. The fourth-order valence-electron chi connectivity index (χ4n) is 3.57. The summed E-state index contributed by atoms with van der Waals surface area (Å²) in [4.78, 5) is 19.4. The van der Waals surface area contributed by atoms with Crippen LogP contribution in [0.15, 0.2) is 35.7 Å². The maximum absolute atomic E-state index is 14.2.